The lowest BCUT2D eigenvalue weighted by molar-refractivity contribution is -0.135. The van der Waals surface area contributed by atoms with E-state index in [1.54, 1.807) is 6.20 Å². The summed E-state index contributed by atoms with van der Waals surface area (Å²) in [4.78, 5) is 22.0. The van der Waals surface area contributed by atoms with E-state index in [4.69, 9.17) is 16.7 Å². The second-order valence-electron chi connectivity index (χ2n) is 8.59. The fourth-order valence-electron chi connectivity index (χ4n) is 4.56. The number of carbonyl (C=O) groups is 1. The number of aromatic nitrogens is 3. The SMILES string of the molecule is CN(Cc1ccccc1)C(=O)[C@@H]1CCCN(c2nccn3nc(-c4cccc(Cl)c4)cc23)C1. The van der Waals surface area contributed by atoms with Crippen LogP contribution in [0.1, 0.15) is 18.4 Å². The van der Waals surface area contributed by atoms with E-state index in [1.165, 1.54) is 0 Å². The van der Waals surface area contributed by atoms with Crippen molar-refractivity contribution < 1.29 is 4.79 Å². The van der Waals surface area contributed by atoms with E-state index in [9.17, 15) is 4.79 Å². The van der Waals surface area contributed by atoms with Crippen molar-refractivity contribution in [3.8, 4) is 11.3 Å². The first-order chi connectivity index (χ1) is 16.1. The van der Waals surface area contributed by atoms with Gasteiger partial charge in [-0.25, -0.2) is 9.50 Å². The number of piperidine rings is 1. The van der Waals surface area contributed by atoms with Gasteiger partial charge in [-0.05, 0) is 36.6 Å². The Hall–Kier alpha value is -3.38. The highest BCUT2D eigenvalue weighted by molar-refractivity contribution is 6.30. The lowest BCUT2D eigenvalue weighted by Gasteiger charge is -2.34. The molecular formula is C26H26ClN5O. The normalized spacial score (nSPS) is 16.2. The van der Waals surface area contributed by atoms with E-state index >= 15 is 0 Å². The van der Waals surface area contributed by atoms with Gasteiger partial charge in [-0.2, -0.15) is 5.10 Å². The molecule has 5 rings (SSSR count). The third kappa shape index (κ3) is 4.57. The van der Waals surface area contributed by atoms with Crippen molar-refractivity contribution in [3.63, 3.8) is 0 Å². The van der Waals surface area contributed by atoms with E-state index in [2.05, 4.69) is 22.0 Å². The van der Waals surface area contributed by atoms with Gasteiger partial charge in [0.1, 0.15) is 5.52 Å². The molecule has 2 aromatic carbocycles. The van der Waals surface area contributed by atoms with Crippen LogP contribution < -0.4 is 4.90 Å². The average Bonchev–Trinajstić information content (AvgIpc) is 3.29. The lowest BCUT2D eigenvalue weighted by Crippen LogP contribution is -2.44. The monoisotopic (exact) mass is 459 g/mol. The fourth-order valence-corrected chi connectivity index (χ4v) is 4.75. The molecule has 0 aliphatic carbocycles. The first-order valence-corrected chi connectivity index (χ1v) is 11.6. The maximum absolute atomic E-state index is 13.2. The lowest BCUT2D eigenvalue weighted by atomic mass is 9.96. The second-order valence-corrected chi connectivity index (χ2v) is 9.02. The van der Waals surface area contributed by atoms with Crippen LogP contribution in [0.15, 0.2) is 73.1 Å². The summed E-state index contributed by atoms with van der Waals surface area (Å²) in [6, 6.07) is 19.8. The molecule has 0 spiro atoms. The molecule has 0 radical (unpaired) electrons. The Bertz CT molecular complexity index is 1270. The molecule has 4 aromatic rings. The number of benzene rings is 2. The topological polar surface area (TPSA) is 53.7 Å². The molecule has 0 bridgehead atoms. The number of carbonyl (C=O) groups excluding carboxylic acids is 1. The van der Waals surface area contributed by atoms with Gasteiger partial charge in [0, 0.05) is 49.7 Å². The van der Waals surface area contributed by atoms with Crippen molar-refractivity contribution in [1.82, 2.24) is 19.5 Å². The summed E-state index contributed by atoms with van der Waals surface area (Å²) in [5, 5.41) is 5.41. The highest BCUT2D eigenvalue weighted by Gasteiger charge is 2.29. The molecule has 1 atom stereocenters. The molecule has 2 aromatic heterocycles. The van der Waals surface area contributed by atoms with E-state index in [0.717, 1.165) is 47.5 Å². The molecule has 1 aliphatic heterocycles. The van der Waals surface area contributed by atoms with Crippen LogP contribution in [-0.4, -0.2) is 45.5 Å². The average molecular weight is 460 g/mol. The molecular weight excluding hydrogens is 434 g/mol. The smallest absolute Gasteiger partial charge is 0.227 e. The Morgan fingerprint density at radius 3 is 2.82 bits per heavy atom. The van der Waals surface area contributed by atoms with Crippen molar-refractivity contribution in [2.24, 2.45) is 5.92 Å². The van der Waals surface area contributed by atoms with Gasteiger partial charge in [-0.15, -0.1) is 0 Å². The van der Waals surface area contributed by atoms with Crippen LogP contribution in [-0.2, 0) is 11.3 Å². The van der Waals surface area contributed by atoms with Crippen molar-refractivity contribution >= 4 is 28.8 Å². The standard InChI is InChI=1S/C26H26ClN5O/c1-30(17-19-7-3-2-4-8-19)26(33)21-10-6-13-31(18-21)25-24-16-23(29-32(24)14-12-28-25)20-9-5-11-22(27)15-20/h2-5,7-9,11-12,14-16,21H,6,10,13,17-18H2,1H3/t21-/m1/s1. The number of nitrogens with zero attached hydrogens (tertiary/aromatic N) is 5. The Kier molecular flexibility index (Phi) is 6.01. The predicted molar refractivity (Wildman–Crippen MR) is 131 cm³/mol. The molecule has 0 unspecified atom stereocenters. The van der Waals surface area contributed by atoms with Gasteiger partial charge in [0.25, 0.3) is 0 Å². The van der Waals surface area contributed by atoms with Crippen LogP contribution in [0.4, 0.5) is 5.82 Å². The quantitative estimate of drug-likeness (QED) is 0.425. The zero-order chi connectivity index (χ0) is 22.8. The van der Waals surface area contributed by atoms with Crippen molar-refractivity contribution in [2.75, 3.05) is 25.0 Å². The number of hydrogen-bond acceptors (Lipinski definition) is 4. The zero-order valence-electron chi connectivity index (χ0n) is 18.6. The second kappa shape index (κ2) is 9.24. The molecule has 3 heterocycles. The first-order valence-electron chi connectivity index (χ1n) is 11.2. The Labute approximate surface area is 198 Å². The van der Waals surface area contributed by atoms with Crippen molar-refractivity contribution in [2.45, 2.75) is 19.4 Å². The maximum atomic E-state index is 13.2. The third-order valence-corrected chi connectivity index (χ3v) is 6.43. The third-order valence-electron chi connectivity index (χ3n) is 6.20. The minimum Gasteiger partial charge on any atom is -0.354 e. The molecule has 1 fully saturated rings. The molecule has 1 saturated heterocycles. The molecule has 168 valence electrons. The van der Waals surface area contributed by atoms with Gasteiger partial charge in [0.05, 0.1) is 11.6 Å². The molecule has 0 N–H and O–H groups in total. The van der Waals surface area contributed by atoms with E-state index < -0.39 is 0 Å². The van der Waals surface area contributed by atoms with Crippen molar-refractivity contribution in [1.29, 1.82) is 0 Å². The van der Waals surface area contributed by atoms with E-state index in [1.807, 2.05) is 71.2 Å². The molecule has 33 heavy (non-hydrogen) atoms. The van der Waals surface area contributed by atoms with E-state index in [-0.39, 0.29) is 11.8 Å². The summed E-state index contributed by atoms with van der Waals surface area (Å²) in [5.41, 5.74) is 3.88. The van der Waals surface area contributed by atoms with Gasteiger partial charge in [0.15, 0.2) is 5.82 Å². The van der Waals surface area contributed by atoms with Crippen LogP contribution in [0.25, 0.3) is 16.8 Å². The van der Waals surface area contributed by atoms with E-state index in [0.29, 0.717) is 18.1 Å². The molecule has 6 nitrogen and oxygen atoms in total. The highest BCUT2D eigenvalue weighted by atomic mass is 35.5. The summed E-state index contributed by atoms with van der Waals surface area (Å²) >= 11 is 6.18. The molecule has 1 aliphatic rings. The summed E-state index contributed by atoms with van der Waals surface area (Å²) in [6.45, 7) is 2.15. The van der Waals surface area contributed by atoms with Crippen LogP contribution in [0, 0.1) is 5.92 Å². The summed E-state index contributed by atoms with van der Waals surface area (Å²) < 4.78 is 1.85. The summed E-state index contributed by atoms with van der Waals surface area (Å²) in [5.74, 6) is 0.995. The number of amides is 1. The van der Waals surface area contributed by atoms with Gasteiger partial charge in [-0.3, -0.25) is 4.79 Å². The Morgan fingerprint density at radius 1 is 1.15 bits per heavy atom. The van der Waals surface area contributed by atoms with Gasteiger partial charge >= 0.3 is 0 Å². The summed E-state index contributed by atoms with van der Waals surface area (Å²) in [7, 11) is 1.89. The summed E-state index contributed by atoms with van der Waals surface area (Å²) in [6.07, 6.45) is 5.47. The Balaban J connectivity index is 1.37. The van der Waals surface area contributed by atoms with Crippen molar-refractivity contribution in [3.05, 3.63) is 83.6 Å². The number of fused-ring (bicyclic) bond motifs is 1. The van der Waals surface area contributed by atoms with Gasteiger partial charge in [-0.1, -0.05) is 54.1 Å². The van der Waals surface area contributed by atoms with Crippen LogP contribution in [0.3, 0.4) is 0 Å². The Morgan fingerprint density at radius 2 is 2.00 bits per heavy atom. The number of anilines is 1. The minimum atomic E-state index is -0.0511. The number of halogens is 1. The molecule has 7 heteroatoms. The zero-order valence-corrected chi connectivity index (χ0v) is 19.3. The molecule has 1 amide bonds. The minimum absolute atomic E-state index is 0.0511. The molecule has 0 saturated carbocycles. The van der Waals surface area contributed by atoms with Gasteiger partial charge in [0.2, 0.25) is 5.91 Å². The largest absolute Gasteiger partial charge is 0.354 e. The first kappa shape index (κ1) is 21.5. The number of rotatable bonds is 5. The maximum Gasteiger partial charge on any atom is 0.227 e. The van der Waals surface area contributed by atoms with Crippen LogP contribution in [0.5, 0.6) is 0 Å². The van der Waals surface area contributed by atoms with Crippen LogP contribution >= 0.6 is 11.6 Å². The fraction of sp³-hybridized carbons (Fsp3) is 0.269. The van der Waals surface area contributed by atoms with Crippen LogP contribution in [0.2, 0.25) is 5.02 Å². The number of hydrogen-bond donors (Lipinski definition) is 0. The highest BCUT2D eigenvalue weighted by Crippen LogP contribution is 2.29. The van der Waals surface area contributed by atoms with Gasteiger partial charge < -0.3 is 9.80 Å². The predicted octanol–water partition coefficient (Wildman–Crippen LogP) is 4.92.